The van der Waals surface area contributed by atoms with Crippen molar-refractivity contribution in [2.75, 3.05) is 6.61 Å². The summed E-state index contributed by atoms with van der Waals surface area (Å²) < 4.78 is 0. The first-order chi connectivity index (χ1) is 13.2. The number of amides is 2. The number of nitriles is 1. The third kappa shape index (κ3) is 3.23. The fourth-order valence-electron chi connectivity index (χ4n) is 4.97. The van der Waals surface area contributed by atoms with Crippen LogP contribution in [-0.2, 0) is 0 Å². The zero-order valence-electron chi connectivity index (χ0n) is 15.6. The highest BCUT2D eigenvalue weighted by Gasteiger charge is 2.52. The third-order valence-electron chi connectivity index (χ3n) is 6.36. The lowest BCUT2D eigenvalue weighted by Gasteiger charge is -2.52. The molecule has 0 aromatic heterocycles. The van der Waals surface area contributed by atoms with Crippen molar-refractivity contribution in [3.05, 3.63) is 41.5 Å². The van der Waals surface area contributed by atoms with Gasteiger partial charge in [-0.1, -0.05) is 43.2 Å². The van der Waals surface area contributed by atoms with E-state index in [1.165, 1.54) is 11.1 Å². The maximum Gasteiger partial charge on any atom is 0.319 e. The maximum absolute atomic E-state index is 12.8. The van der Waals surface area contributed by atoms with Crippen LogP contribution in [0.15, 0.2) is 30.3 Å². The van der Waals surface area contributed by atoms with E-state index in [0.717, 1.165) is 50.5 Å². The number of carbonyl (C=O) groups excluding carboxylic acids is 1. The Kier molecular flexibility index (Phi) is 5.18. The Morgan fingerprint density at radius 1 is 1.26 bits per heavy atom. The molecule has 142 valence electrons. The van der Waals surface area contributed by atoms with Crippen LogP contribution in [0.2, 0.25) is 0 Å². The van der Waals surface area contributed by atoms with E-state index in [1.54, 1.807) is 4.90 Å². The summed E-state index contributed by atoms with van der Waals surface area (Å²) in [6.45, 7) is -0.131. The van der Waals surface area contributed by atoms with E-state index in [-0.39, 0.29) is 30.6 Å². The molecule has 1 saturated heterocycles. The van der Waals surface area contributed by atoms with Crippen molar-refractivity contribution in [3.63, 3.8) is 0 Å². The Bertz CT molecular complexity index is 776. The number of aliphatic hydroxyl groups is 1. The average Bonchev–Trinajstić information content (AvgIpc) is 3.36. The SMILES string of the molecule is N#C[C@@H]1[C@@H](c2ccccc2C2=CCCC2)[C@H](CO)N1C(=O)NC1CCCC1. The van der Waals surface area contributed by atoms with Gasteiger partial charge in [0.25, 0.3) is 0 Å². The molecule has 27 heavy (non-hydrogen) atoms. The molecule has 5 heteroatoms. The molecule has 2 aliphatic carbocycles. The molecule has 3 atom stereocenters. The maximum atomic E-state index is 12.8. The van der Waals surface area contributed by atoms with Gasteiger partial charge in [-0.15, -0.1) is 0 Å². The first kappa shape index (κ1) is 18.1. The molecule has 2 amide bonds. The Morgan fingerprint density at radius 2 is 2.04 bits per heavy atom. The van der Waals surface area contributed by atoms with Crippen molar-refractivity contribution in [2.45, 2.75) is 69.0 Å². The number of nitrogens with zero attached hydrogens (tertiary/aromatic N) is 2. The predicted octanol–water partition coefficient (Wildman–Crippen LogP) is 3.56. The second kappa shape index (κ2) is 7.74. The third-order valence-corrected chi connectivity index (χ3v) is 6.36. The summed E-state index contributed by atoms with van der Waals surface area (Å²) in [6, 6.07) is 9.60. The summed E-state index contributed by atoms with van der Waals surface area (Å²) in [5, 5.41) is 22.9. The van der Waals surface area contributed by atoms with Crippen LogP contribution in [0.25, 0.3) is 5.57 Å². The topological polar surface area (TPSA) is 76.4 Å². The second-order valence-corrected chi connectivity index (χ2v) is 7.90. The van der Waals surface area contributed by atoms with E-state index >= 15 is 0 Å². The van der Waals surface area contributed by atoms with Gasteiger partial charge in [-0.25, -0.2) is 4.79 Å². The Morgan fingerprint density at radius 3 is 2.70 bits per heavy atom. The molecule has 1 saturated carbocycles. The van der Waals surface area contributed by atoms with Gasteiger partial charge in [0.1, 0.15) is 6.04 Å². The molecule has 4 rings (SSSR count). The molecule has 1 aliphatic heterocycles. The molecule has 1 heterocycles. The summed E-state index contributed by atoms with van der Waals surface area (Å²) in [4.78, 5) is 14.3. The van der Waals surface area contributed by atoms with Crippen molar-refractivity contribution in [1.29, 1.82) is 5.26 Å². The van der Waals surface area contributed by atoms with E-state index < -0.39 is 6.04 Å². The lowest BCUT2D eigenvalue weighted by Crippen LogP contribution is -2.67. The van der Waals surface area contributed by atoms with Crippen molar-refractivity contribution < 1.29 is 9.90 Å². The minimum absolute atomic E-state index is 0.131. The molecule has 0 radical (unpaired) electrons. The van der Waals surface area contributed by atoms with Gasteiger partial charge in [0.05, 0.1) is 18.7 Å². The highest BCUT2D eigenvalue weighted by atomic mass is 16.3. The molecule has 2 fully saturated rings. The minimum Gasteiger partial charge on any atom is -0.394 e. The first-order valence-corrected chi connectivity index (χ1v) is 10.1. The average molecular weight is 365 g/mol. The number of hydrogen-bond donors (Lipinski definition) is 2. The molecule has 0 unspecified atom stereocenters. The molecule has 3 aliphatic rings. The predicted molar refractivity (Wildman–Crippen MR) is 104 cm³/mol. The van der Waals surface area contributed by atoms with Crippen molar-refractivity contribution in [3.8, 4) is 6.07 Å². The van der Waals surface area contributed by atoms with Gasteiger partial charge in [0.2, 0.25) is 0 Å². The van der Waals surface area contributed by atoms with Crippen LogP contribution in [0.3, 0.4) is 0 Å². The van der Waals surface area contributed by atoms with Crippen LogP contribution in [0.1, 0.15) is 62.0 Å². The zero-order valence-corrected chi connectivity index (χ0v) is 15.6. The van der Waals surface area contributed by atoms with Crippen molar-refractivity contribution in [1.82, 2.24) is 10.2 Å². The summed E-state index contributed by atoms with van der Waals surface area (Å²) in [7, 11) is 0. The number of rotatable bonds is 4. The van der Waals surface area contributed by atoms with Crippen LogP contribution in [-0.4, -0.2) is 40.8 Å². The Hall–Kier alpha value is -2.32. The molecular formula is C22H27N3O2. The van der Waals surface area contributed by atoms with E-state index in [0.29, 0.717) is 0 Å². The van der Waals surface area contributed by atoms with Gasteiger partial charge in [0, 0.05) is 12.0 Å². The number of aliphatic hydroxyl groups excluding tert-OH is 1. The number of urea groups is 1. The molecular weight excluding hydrogens is 338 g/mol. The van der Waals surface area contributed by atoms with Gasteiger partial charge >= 0.3 is 6.03 Å². The second-order valence-electron chi connectivity index (χ2n) is 7.90. The van der Waals surface area contributed by atoms with E-state index in [2.05, 4.69) is 29.6 Å². The van der Waals surface area contributed by atoms with Gasteiger partial charge in [-0.2, -0.15) is 5.26 Å². The van der Waals surface area contributed by atoms with Gasteiger partial charge < -0.3 is 15.3 Å². The highest BCUT2D eigenvalue weighted by molar-refractivity contribution is 5.78. The molecule has 5 nitrogen and oxygen atoms in total. The molecule has 1 aromatic rings. The number of allylic oxidation sites excluding steroid dienone is 2. The summed E-state index contributed by atoms with van der Waals surface area (Å²) in [5.74, 6) is -0.146. The van der Waals surface area contributed by atoms with Gasteiger partial charge in [-0.05, 0) is 48.8 Å². The molecule has 1 aromatic carbocycles. The minimum atomic E-state index is -0.535. The smallest absolute Gasteiger partial charge is 0.319 e. The van der Waals surface area contributed by atoms with Crippen LogP contribution < -0.4 is 5.32 Å². The van der Waals surface area contributed by atoms with Crippen LogP contribution in [0.5, 0.6) is 0 Å². The lowest BCUT2D eigenvalue weighted by molar-refractivity contribution is 0.0157. The van der Waals surface area contributed by atoms with Gasteiger partial charge in [0.15, 0.2) is 0 Å². The summed E-state index contributed by atoms with van der Waals surface area (Å²) >= 11 is 0. The van der Waals surface area contributed by atoms with E-state index in [4.69, 9.17) is 0 Å². The normalized spacial score (nSPS) is 27.8. The fraction of sp³-hybridized carbons (Fsp3) is 0.545. The summed E-state index contributed by atoms with van der Waals surface area (Å²) in [5.41, 5.74) is 3.59. The Labute approximate surface area is 160 Å². The van der Waals surface area contributed by atoms with Crippen molar-refractivity contribution in [2.24, 2.45) is 0 Å². The van der Waals surface area contributed by atoms with E-state index in [9.17, 15) is 15.2 Å². The molecule has 0 bridgehead atoms. The van der Waals surface area contributed by atoms with Crippen LogP contribution in [0.4, 0.5) is 4.79 Å². The molecule has 0 spiro atoms. The number of carbonyl (C=O) groups is 1. The number of likely N-dealkylation sites (tertiary alicyclic amines) is 1. The van der Waals surface area contributed by atoms with Crippen LogP contribution >= 0.6 is 0 Å². The zero-order chi connectivity index (χ0) is 18.8. The largest absolute Gasteiger partial charge is 0.394 e. The summed E-state index contributed by atoms with van der Waals surface area (Å²) in [6.07, 6.45) is 9.86. The van der Waals surface area contributed by atoms with Crippen LogP contribution in [0, 0.1) is 11.3 Å². The van der Waals surface area contributed by atoms with Crippen molar-refractivity contribution >= 4 is 11.6 Å². The van der Waals surface area contributed by atoms with E-state index in [1.807, 2.05) is 12.1 Å². The van der Waals surface area contributed by atoms with Gasteiger partial charge in [-0.3, -0.25) is 0 Å². The number of benzene rings is 1. The molecule has 2 N–H and O–H groups in total. The standard InChI is InChI=1S/C22H27N3O2/c23-13-19-21(18-12-6-5-11-17(18)15-7-1-2-8-15)20(14-26)25(19)22(27)24-16-9-3-4-10-16/h5-7,11-12,16,19-21,26H,1-4,8-10,14H2,(H,24,27)/t19-,20+,21-/m1/s1. The quantitative estimate of drug-likeness (QED) is 0.856. The number of hydrogen-bond acceptors (Lipinski definition) is 3. The fourth-order valence-corrected chi connectivity index (χ4v) is 4.97. The Balaban J connectivity index is 1.59. The highest BCUT2D eigenvalue weighted by Crippen LogP contribution is 2.44. The lowest BCUT2D eigenvalue weighted by atomic mass is 9.73. The first-order valence-electron chi connectivity index (χ1n) is 10.1. The number of nitrogens with one attached hydrogen (secondary N) is 1. The monoisotopic (exact) mass is 365 g/mol.